The zero-order valence-corrected chi connectivity index (χ0v) is 14.3. The van der Waals surface area contributed by atoms with Crippen LogP contribution in [-0.2, 0) is 10.0 Å². The molecule has 2 rings (SSSR count). The molecule has 0 spiro atoms. The minimum absolute atomic E-state index is 0.133. The van der Waals surface area contributed by atoms with Crippen LogP contribution in [0.1, 0.15) is 5.56 Å². The number of aryl methyl sites for hydroxylation is 1. The van der Waals surface area contributed by atoms with E-state index in [1.807, 2.05) is 13.0 Å². The Balaban J connectivity index is 2.41. The van der Waals surface area contributed by atoms with Crippen LogP contribution in [0, 0.1) is 12.7 Å². The SMILES string of the molecule is Cc1cccc(NS(=O)(=O)c2ccc(Br)c(F)c2)c1Br. The van der Waals surface area contributed by atoms with Crippen molar-refractivity contribution < 1.29 is 12.8 Å². The summed E-state index contributed by atoms with van der Waals surface area (Å²) in [6, 6.07) is 8.87. The van der Waals surface area contributed by atoms with Crippen LogP contribution < -0.4 is 4.72 Å². The molecule has 0 radical (unpaired) electrons. The third kappa shape index (κ3) is 3.21. The van der Waals surface area contributed by atoms with E-state index in [0.717, 1.165) is 11.6 Å². The molecule has 0 aliphatic carbocycles. The van der Waals surface area contributed by atoms with Crippen molar-refractivity contribution in [1.29, 1.82) is 0 Å². The van der Waals surface area contributed by atoms with Gasteiger partial charge in [0.2, 0.25) is 0 Å². The van der Waals surface area contributed by atoms with E-state index in [1.165, 1.54) is 12.1 Å². The third-order valence-electron chi connectivity index (χ3n) is 2.64. The van der Waals surface area contributed by atoms with Crippen LogP contribution in [0.5, 0.6) is 0 Å². The molecule has 0 atom stereocenters. The van der Waals surface area contributed by atoms with Gasteiger partial charge in [-0.2, -0.15) is 0 Å². The Kier molecular flexibility index (Phi) is 4.51. The predicted octanol–water partition coefficient (Wildman–Crippen LogP) is 4.46. The summed E-state index contributed by atoms with van der Waals surface area (Å²) in [4.78, 5) is -0.133. The summed E-state index contributed by atoms with van der Waals surface area (Å²) in [6.45, 7) is 1.85. The molecule has 0 saturated heterocycles. The highest BCUT2D eigenvalue weighted by atomic mass is 79.9. The molecule has 1 N–H and O–H groups in total. The highest BCUT2D eigenvalue weighted by Crippen LogP contribution is 2.28. The fraction of sp³-hybridized carbons (Fsp3) is 0.0769. The van der Waals surface area contributed by atoms with Crippen LogP contribution in [0.15, 0.2) is 50.2 Å². The molecule has 0 unspecified atom stereocenters. The molecule has 0 fully saturated rings. The molecular formula is C13H10Br2FNO2S. The second-order valence-electron chi connectivity index (χ2n) is 4.12. The molecule has 0 aliphatic rings. The highest BCUT2D eigenvalue weighted by Gasteiger charge is 2.17. The second-order valence-corrected chi connectivity index (χ2v) is 7.45. The fourth-order valence-electron chi connectivity index (χ4n) is 1.57. The molecule has 20 heavy (non-hydrogen) atoms. The Morgan fingerprint density at radius 3 is 2.50 bits per heavy atom. The van der Waals surface area contributed by atoms with E-state index in [2.05, 4.69) is 36.6 Å². The molecule has 0 heterocycles. The van der Waals surface area contributed by atoms with Crippen molar-refractivity contribution in [3.05, 3.63) is 56.7 Å². The molecule has 7 heteroatoms. The van der Waals surface area contributed by atoms with Gasteiger partial charge in [0, 0.05) is 4.47 Å². The van der Waals surface area contributed by atoms with Gasteiger partial charge in [0.15, 0.2) is 0 Å². The average Bonchev–Trinajstić information content (AvgIpc) is 2.38. The van der Waals surface area contributed by atoms with Crippen molar-refractivity contribution in [2.45, 2.75) is 11.8 Å². The fourth-order valence-corrected chi connectivity index (χ4v) is 3.40. The van der Waals surface area contributed by atoms with Crippen LogP contribution in [0.25, 0.3) is 0 Å². The van der Waals surface area contributed by atoms with Crippen molar-refractivity contribution in [2.75, 3.05) is 4.72 Å². The Labute approximate surface area is 133 Å². The number of anilines is 1. The first-order valence-corrected chi connectivity index (χ1v) is 8.61. The highest BCUT2D eigenvalue weighted by molar-refractivity contribution is 9.11. The van der Waals surface area contributed by atoms with Gasteiger partial charge in [0.1, 0.15) is 5.82 Å². The number of hydrogen-bond acceptors (Lipinski definition) is 2. The van der Waals surface area contributed by atoms with Crippen molar-refractivity contribution in [3.8, 4) is 0 Å². The first-order chi connectivity index (χ1) is 9.31. The first kappa shape index (κ1) is 15.5. The summed E-state index contributed by atoms with van der Waals surface area (Å²) in [5.41, 5.74) is 1.31. The first-order valence-electron chi connectivity index (χ1n) is 5.54. The lowest BCUT2D eigenvalue weighted by atomic mass is 10.2. The Hall–Kier alpha value is -0.920. The van der Waals surface area contributed by atoms with Gasteiger partial charge in [-0.1, -0.05) is 12.1 Å². The summed E-state index contributed by atoms with van der Waals surface area (Å²) in [7, 11) is -3.83. The molecule has 2 aromatic rings. The smallest absolute Gasteiger partial charge is 0.262 e. The van der Waals surface area contributed by atoms with E-state index >= 15 is 0 Å². The number of rotatable bonds is 3. The lowest BCUT2D eigenvalue weighted by Gasteiger charge is -2.11. The van der Waals surface area contributed by atoms with E-state index < -0.39 is 15.8 Å². The molecular weight excluding hydrogens is 413 g/mol. The van der Waals surface area contributed by atoms with E-state index in [9.17, 15) is 12.8 Å². The molecule has 106 valence electrons. The normalized spacial score (nSPS) is 11.4. The zero-order valence-electron chi connectivity index (χ0n) is 10.3. The minimum Gasteiger partial charge on any atom is -0.278 e. The van der Waals surface area contributed by atoms with Crippen LogP contribution in [0.2, 0.25) is 0 Å². The molecule has 0 saturated carbocycles. The summed E-state index contributed by atoms with van der Waals surface area (Å²) in [5, 5.41) is 0. The Bertz CT molecular complexity index is 763. The van der Waals surface area contributed by atoms with Crippen LogP contribution in [0.4, 0.5) is 10.1 Å². The van der Waals surface area contributed by atoms with Gasteiger partial charge in [-0.05, 0) is 68.6 Å². The number of halogens is 3. The molecule has 0 aliphatic heterocycles. The summed E-state index contributed by atoms with van der Waals surface area (Å²) in [6.07, 6.45) is 0. The van der Waals surface area contributed by atoms with Crippen molar-refractivity contribution >= 4 is 47.6 Å². The van der Waals surface area contributed by atoms with Crippen molar-refractivity contribution in [2.24, 2.45) is 0 Å². The Morgan fingerprint density at radius 2 is 1.85 bits per heavy atom. The minimum atomic E-state index is -3.83. The van der Waals surface area contributed by atoms with Crippen LogP contribution in [-0.4, -0.2) is 8.42 Å². The van der Waals surface area contributed by atoms with Gasteiger partial charge in [-0.3, -0.25) is 4.72 Å². The maximum Gasteiger partial charge on any atom is 0.262 e. The van der Waals surface area contributed by atoms with E-state index in [0.29, 0.717) is 10.2 Å². The molecule has 0 aromatic heterocycles. The number of hydrogen-bond donors (Lipinski definition) is 1. The number of sulfonamides is 1. The van der Waals surface area contributed by atoms with Gasteiger partial charge in [-0.15, -0.1) is 0 Å². The van der Waals surface area contributed by atoms with Crippen molar-refractivity contribution in [3.63, 3.8) is 0 Å². The van der Waals surface area contributed by atoms with E-state index in [4.69, 9.17) is 0 Å². The maximum atomic E-state index is 13.4. The predicted molar refractivity (Wildman–Crippen MR) is 83.8 cm³/mol. The van der Waals surface area contributed by atoms with Crippen LogP contribution >= 0.6 is 31.9 Å². The monoisotopic (exact) mass is 421 g/mol. The summed E-state index contributed by atoms with van der Waals surface area (Å²) in [5.74, 6) is -0.629. The molecule has 3 nitrogen and oxygen atoms in total. The average molecular weight is 423 g/mol. The summed E-state index contributed by atoms with van der Waals surface area (Å²) < 4.78 is 41.2. The maximum absolute atomic E-state index is 13.4. The standard InChI is InChI=1S/C13H10Br2FNO2S/c1-8-3-2-4-12(13(8)15)17-20(18,19)9-5-6-10(14)11(16)7-9/h2-7,17H,1H3. The third-order valence-corrected chi connectivity index (χ3v) is 5.70. The van der Waals surface area contributed by atoms with Gasteiger partial charge >= 0.3 is 0 Å². The van der Waals surface area contributed by atoms with E-state index in [1.54, 1.807) is 12.1 Å². The largest absolute Gasteiger partial charge is 0.278 e. The van der Waals surface area contributed by atoms with Crippen molar-refractivity contribution in [1.82, 2.24) is 0 Å². The number of nitrogens with one attached hydrogen (secondary N) is 1. The molecule has 2 aromatic carbocycles. The Morgan fingerprint density at radius 1 is 1.15 bits per heavy atom. The lowest BCUT2D eigenvalue weighted by molar-refractivity contribution is 0.593. The quantitative estimate of drug-likeness (QED) is 0.793. The van der Waals surface area contributed by atoms with Crippen LogP contribution in [0.3, 0.4) is 0 Å². The topological polar surface area (TPSA) is 46.2 Å². The zero-order chi connectivity index (χ0) is 14.9. The van der Waals surface area contributed by atoms with Gasteiger partial charge in [-0.25, -0.2) is 12.8 Å². The second kappa shape index (κ2) is 5.83. The number of benzene rings is 2. The summed E-state index contributed by atoms with van der Waals surface area (Å²) >= 11 is 6.31. The van der Waals surface area contributed by atoms with Gasteiger partial charge in [0.25, 0.3) is 10.0 Å². The van der Waals surface area contributed by atoms with Gasteiger partial charge in [0.05, 0.1) is 15.1 Å². The molecule has 0 amide bonds. The van der Waals surface area contributed by atoms with Gasteiger partial charge < -0.3 is 0 Å². The van der Waals surface area contributed by atoms with E-state index in [-0.39, 0.29) is 9.37 Å². The molecule has 0 bridgehead atoms. The lowest BCUT2D eigenvalue weighted by Crippen LogP contribution is -2.13.